The molecule has 0 saturated carbocycles. The summed E-state index contributed by atoms with van der Waals surface area (Å²) in [5, 5.41) is 3.86. The normalized spacial score (nSPS) is 13.5. The third-order valence-corrected chi connectivity index (χ3v) is 5.03. The molecule has 2 aromatic rings. The quantitative estimate of drug-likeness (QED) is 0.742. The van der Waals surface area contributed by atoms with Gasteiger partial charge in [0.25, 0.3) is 0 Å². The summed E-state index contributed by atoms with van der Waals surface area (Å²) in [6, 6.07) is 8.02. The molecule has 2 rings (SSSR count). The van der Waals surface area contributed by atoms with Gasteiger partial charge in [0, 0.05) is 6.42 Å². The molecule has 1 N–H and O–H groups in total. The number of amides is 1. The molecule has 1 amide bonds. The van der Waals surface area contributed by atoms with Gasteiger partial charge in [-0.15, -0.1) is 11.3 Å². The van der Waals surface area contributed by atoms with Crippen molar-refractivity contribution in [1.29, 1.82) is 0 Å². The van der Waals surface area contributed by atoms with Crippen molar-refractivity contribution in [3.8, 4) is 0 Å². The lowest BCUT2D eigenvalue weighted by Gasteiger charge is -2.27. The summed E-state index contributed by atoms with van der Waals surface area (Å²) in [5.41, 5.74) is 0.0550. The average molecular weight is 348 g/mol. The Morgan fingerprint density at radius 2 is 2.08 bits per heavy atom. The predicted molar refractivity (Wildman–Crippen MR) is 96.0 cm³/mol. The Morgan fingerprint density at radius 1 is 1.33 bits per heavy atom. The van der Waals surface area contributed by atoms with Crippen LogP contribution in [0, 0.1) is 0 Å². The zero-order valence-electron chi connectivity index (χ0n) is 14.4. The molecule has 0 fully saturated rings. The zero-order chi connectivity index (χ0) is 17.6. The van der Waals surface area contributed by atoms with Gasteiger partial charge in [-0.1, -0.05) is 25.5 Å². The van der Waals surface area contributed by atoms with Gasteiger partial charge in [-0.3, -0.25) is 4.79 Å². The fourth-order valence-electron chi connectivity index (χ4n) is 2.74. The first kappa shape index (κ1) is 18.4. The number of para-hydroxylation sites is 1. The highest BCUT2D eigenvalue weighted by Gasteiger charge is 2.34. The third-order valence-electron chi connectivity index (χ3n) is 3.93. The number of nitrogens with one attached hydrogen (secondary N) is 1. The molecule has 130 valence electrons. The van der Waals surface area contributed by atoms with Crippen molar-refractivity contribution >= 4 is 33.4 Å². The van der Waals surface area contributed by atoms with Gasteiger partial charge in [0.1, 0.15) is 5.54 Å². The van der Waals surface area contributed by atoms with Crippen LogP contribution >= 0.6 is 11.3 Å². The lowest BCUT2D eigenvalue weighted by molar-refractivity contribution is -0.150. The Morgan fingerprint density at radius 3 is 2.75 bits per heavy atom. The molecule has 1 aromatic carbocycles. The van der Waals surface area contributed by atoms with E-state index in [-0.39, 0.29) is 5.91 Å². The van der Waals surface area contributed by atoms with Gasteiger partial charge in [-0.2, -0.15) is 0 Å². The summed E-state index contributed by atoms with van der Waals surface area (Å²) in [4.78, 5) is 28.7. The van der Waals surface area contributed by atoms with E-state index in [0.717, 1.165) is 28.1 Å². The molecule has 6 heteroatoms. The van der Waals surface area contributed by atoms with Gasteiger partial charge in [0.2, 0.25) is 5.91 Å². The number of methoxy groups -OCH3 is 1. The molecule has 1 heterocycles. The molecule has 1 atom stereocenters. The minimum Gasteiger partial charge on any atom is -0.467 e. The minimum atomic E-state index is -0.948. The molecule has 0 aliphatic rings. The fraction of sp³-hybridized carbons (Fsp3) is 0.500. The molecule has 5 nitrogen and oxygen atoms in total. The van der Waals surface area contributed by atoms with Crippen molar-refractivity contribution in [2.45, 2.75) is 51.5 Å². The minimum absolute atomic E-state index is 0.127. The molecule has 0 aliphatic heterocycles. The number of nitrogens with zero attached hydrogens (tertiary/aromatic N) is 1. The van der Waals surface area contributed by atoms with Crippen molar-refractivity contribution < 1.29 is 14.3 Å². The smallest absolute Gasteiger partial charge is 0.331 e. The summed E-state index contributed by atoms with van der Waals surface area (Å²) in [6.45, 7) is 3.69. The second-order valence-corrected chi connectivity index (χ2v) is 7.17. The van der Waals surface area contributed by atoms with Crippen LogP contribution in [-0.2, 0) is 20.7 Å². The van der Waals surface area contributed by atoms with Gasteiger partial charge >= 0.3 is 5.97 Å². The Labute approximate surface area is 146 Å². The van der Waals surface area contributed by atoms with Crippen LogP contribution in [0.25, 0.3) is 10.2 Å². The molecular weight excluding hydrogens is 324 g/mol. The highest BCUT2D eigenvalue weighted by Crippen LogP contribution is 2.23. The summed E-state index contributed by atoms with van der Waals surface area (Å²) in [6.07, 6.45) is 3.18. The van der Waals surface area contributed by atoms with E-state index in [0.29, 0.717) is 19.3 Å². The Balaban J connectivity index is 1.86. The second kappa shape index (κ2) is 8.24. The number of fused-ring (bicyclic) bond motifs is 1. The molecule has 0 unspecified atom stereocenters. The van der Waals surface area contributed by atoms with E-state index >= 15 is 0 Å². The van der Waals surface area contributed by atoms with Crippen molar-refractivity contribution in [3.63, 3.8) is 0 Å². The number of rotatable bonds is 8. The van der Waals surface area contributed by atoms with E-state index in [1.165, 1.54) is 7.11 Å². The first-order chi connectivity index (χ1) is 11.5. The first-order valence-corrected chi connectivity index (χ1v) is 9.04. The number of hydrogen-bond acceptors (Lipinski definition) is 5. The van der Waals surface area contributed by atoms with Crippen LogP contribution < -0.4 is 5.32 Å². The highest BCUT2D eigenvalue weighted by atomic mass is 32.1. The van der Waals surface area contributed by atoms with Crippen molar-refractivity contribution in [3.05, 3.63) is 29.3 Å². The molecule has 0 bridgehead atoms. The van der Waals surface area contributed by atoms with Crippen LogP contribution in [0.3, 0.4) is 0 Å². The zero-order valence-corrected chi connectivity index (χ0v) is 15.2. The highest BCUT2D eigenvalue weighted by molar-refractivity contribution is 7.18. The number of ether oxygens (including phenoxy) is 1. The Bertz CT molecular complexity index is 680. The van der Waals surface area contributed by atoms with Gasteiger partial charge in [0.05, 0.1) is 22.3 Å². The van der Waals surface area contributed by atoms with E-state index in [1.807, 2.05) is 25.1 Å². The Kier molecular flexibility index (Phi) is 6.31. The largest absolute Gasteiger partial charge is 0.467 e. The SMILES string of the molecule is CCC[C@@](C)(NC(=O)CCCc1nc2ccccc2s1)C(=O)OC. The van der Waals surface area contributed by atoms with Crippen LogP contribution in [0.2, 0.25) is 0 Å². The lowest BCUT2D eigenvalue weighted by atomic mass is 9.96. The number of carbonyl (C=O) groups excluding carboxylic acids is 2. The van der Waals surface area contributed by atoms with Crippen LogP contribution in [0.5, 0.6) is 0 Å². The molecule has 1 aromatic heterocycles. The number of aromatic nitrogens is 1. The van der Waals surface area contributed by atoms with Crippen molar-refractivity contribution in [1.82, 2.24) is 10.3 Å². The fourth-order valence-corrected chi connectivity index (χ4v) is 3.75. The topological polar surface area (TPSA) is 68.3 Å². The second-order valence-electron chi connectivity index (χ2n) is 6.05. The molecule has 0 aliphatic carbocycles. The molecule has 0 spiro atoms. The standard InChI is InChI=1S/C18H24N2O3S/c1-4-12-18(2,17(22)23-3)20-15(21)10-7-11-16-19-13-8-5-6-9-14(13)24-16/h5-6,8-9H,4,7,10-12H2,1-3H3,(H,20,21)/t18-/m1/s1. The number of thiazole rings is 1. The van der Waals surface area contributed by atoms with Crippen LogP contribution in [-0.4, -0.2) is 29.5 Å². The number of benzene rings is 1. The predicted octanol–water partition coefficient (Wildman–Crippen LogP) is 3.47. The van der Waals surface area contributed by atoms with Gasteiger partial charge in [-0.05, 0) is 38.3 Å². The summed E-state index contributed by atoms with van der Waals surface area (Å²) < 4.78 is 5.98. The monoisotopic (exact) mass is 348 g/mol. The maximum absolute atomic E-state index is 12.2. The van der Waals surface area contributed by atoms with E-state index < -0.39 is 11.5 Å². The van der Waals surface area contributed by atoms with Gasteiger partial charge in [-0.25, -0.2) is 9.78 Å². The Hall–Kier alpha value is -1.95. The third kappa shape index (κ3) is 4.54. The summed E-state index contributed by atoms with van der Waals surface area (Å²) in [7, 11) is 1.34. The van der Waals surface area contributed by atoms with Crippen molar-refractivity contribution in [2.75, 3.05) is 7.11 Å². The molecule has 0 radical (unpaired) electrons. The molecule has 24 heavy (non-hydrogen) atoms. The van der Waals surface area contributed by atoms with Gasteiger partial charge in [0.15, 0.2) is 0 Å². The van der Waals surface area contributed by atoms with E-state index in [1.54, 1.807) is 18.3 Å². The first-order valence-electron chi connectivity index (χ1n) is 8.22. The van der Waals surface area contributed by atoms with Crippen LogP contribution in [0.1, 0.15) is 44.5 Å². The van der Waals surface area contributed by atoms with E-state index in [4.69, 9.17) is 4.74 Å². The number of aryl methyl sites for hydroxylation is 1. The molecule has 0 saturated heterocycles. The maximum atomic E-state index is 12.2. The number of carbonyl (C=O) groups is 2. The van der Waals surface area contributed by atoms with Gasteiger partial charge < -0.3 is 10.1 Å². The van der Waals surface area contributed by atoms with Crippen molar-refractivity contribution in [2.24, 2.45) is 0 Å². The van der Waals surface area contributed by atoms with Crippen LogP contribution in [0.15, 0.2) is 24.3 Å². The van der Waals surface area contributed by atoms with Crippen LogP contribution in [0.4, 0.5) is 0 Å². The summed E-state index contributed by atoms with van der Waals surface area (Å²) in [5.74, 6) is -0.527. The van der Waals surface area contributed by atoms with E-state index in [2.05, 4.69) is 16.4 Å². The number of hydrogen-bond donors (Lipinski definition) is 1. The maximum Gasteiger partial charge on any atom is 0.331 e. The molecular formula is C18H24N2O3S. The summed E-state index contributed by atoms with van der Waals surface area (Å²) >= 11 is 1.66. The average Bonchev–Trinajstić information content (AvgIpc) is 2.96. The van der Waals surface area contributed by atoms with E-state index in [9.17, 15) is 9.59 Å². The lowest BCUT2D eigenvalue weighted by Crippen LogP contribution is -2.52. The number of esters is 1.